The molecular weight excluding hydrogens is 326 g/mol. The maximum atomic E-state index is 13.1. The van der Waals surface area contributed by atoms with Crippen LogP contribution in [0.2, 0.25) is 0 Å². The molecule has 0 saturated carbocycles. The molecule has 0 aliphatic heterocycles. The van der Waals surface area contributed by atoms with Gasteiger partial charge in [-0.25, -0.2) is 8.42 Å². The molecule has 0 fully saturated rings. The Balaban J connectivity index is 2.59. The summed E-state index contributed by atoms with van der Waals surface area (Å²) < 4.78 is 31.9. The monoisotopic (exact) mass is 347 g/mol. The van der Waals surface area contributed by atoms with Crippen molar-refractivity contribution < 1.29 is 17.9 Å². The van der Waals surface area contributed by atoms with Gasteiger partial charge in [0.05, 0.1) is 17.7 Å². The van der Waals surface area contributed by atoms with Gasteiger partial charge in [-0.1, -0.05) is 29.8 Å². The van der Waals surface area contributed by atoms with Crippen LogP contribution in [0.4, 0.5) is 5.69 Å². The molecule has 2 rings (SSSR count). The Morgan fingerprint density at radius 3 is 2.25 bits per heavy atom. The summed E-state index contributed by atoms with van der Waals surface area (Å²) in [6.07, 6.45) is 0. The molecule has 0 aromatic heterocycles. The first kappa shape index (κ1) is 18.0. The fraction of sp³-hybridized carbons (Fsp3) is 0.278. The van der Waals surface area contributed by atoms with Crippen LogP contribution >= 0.6 is 0 Å². The quantitative estimate of drug-likeness (QED) is 0.780. The molecule has 0 atom stereocenters. The van der Waals surface area contributed by atoms with Crippen molar-refractivity contribution in [3.05, 3.63) is 59.2 Å². The summed E-state index contributed by atoms with van der Waals surface area (Å²) in [5, 5.41) is 0. The summed E-state index contributed by atoms with van der Waals surface area (Å²) in [6, 6.07) is 11.9. The number of sulfonamides is 1. The zero-order valence-corrected chi connectivity index (χ0v) is 15.1. The van der Waals surface area contributed by atoms with Gasteiger partial charge in [-0.2, -0.15) is 0 Å². The first-order valence-corrected chi connectivity index (χ1v) is 8.94. The van der Waals surface area contributed by atoms with Gasteiger partial charge in [0.1, 0.15) is 6.54 Å². The summed E-state index contributed by atoms with van der Waals surface area (Å²) in [5.74, 6) is -0.619. The Hall–Kier alpha value is -2.34. The van der Waals surface area contributed by atoms with Gasteiger partial charge in [0.2, 0.25) is 0 Å². The topological polar surface area (TPSA) is 63.7 Å². The van der Waals surface area contributed by atoms with Crippen LogP contribution in [-0.4, -0.2) is 28.0 Å². The number of nitrogens with zero attached hydrogens (tertiary/aromatic N) is 1. The summed E-state index contributed by atoms with van der Waals surface area (Å²) in [5.41, 5.74) is 3.18. The van der Waals surface area contributed by atoms with Crippen molar-refractivity contribution in [2.45, 2.75) is 25.7 Å². The molecule has 0 radical (unpaired) electrons. The number of esters is 1. The van der Waals surface area contributed by atoms with Crippen molar-refractivity contribution >= 4 is 21.7 Å². The van der Waals surface area contributed by atoms with Crippen LogP contribution in [0.25, 0.3) is 0 Å². The number of hydrogen-bond acceptors (Lipinski definition) is 4. The van der Waals surface area contributed by atoms with Crippen LogP contribution < -0.4 is 4.31 Å². The third kappa shape index (κ3) is 3.59. The van der Waals surface area contributed by atoms with Crippen molar-refractivity contribution in [2.24, 2.45) is 0 Å². The minimum absolute atomic E-state index is 0.137. The molecule has 24 heavy (non-hydrogen) atoms. The van der Waals surface area contributed by atoms with E-state index in [-0.39, 0.29) is 11.4 Å². The number of anilines is 1. The zero-order valence-electron chi connectivity index (χ0n) is 14.2. The second kappa shape index (κ2) is 7.05. The van der Waals surface area contributed by atoms with Crippen molar-refractivity contribution in [1.29, 1.82) is 0 Å². The molecule has 128 valence electrons. The first-order valence-electron chi connectivity index (χ1n) is 7.50. The summed E-state index contributed by atoms with van der Waals surface area (Å²) >= 11 is 0. The van der Waals surface area contributed by atoms with E-state index in [1.165, 1.54) is 7.11 Å². The summed E-state index contributed by atoms with van der Waals surface area (Å²) in [6.45, 7) is 5.23. The Morgan fingerprint density at radius 2 is 1.67 bits per heavy atom. The smallest absolute Gasteiger partial charge is 0.326 e. The van der Waals surface area contributed by atoms with E-state index in [2.05, 4.69) is 4.74 Å². The number of rotatable bonds is 5. The lowest BCUT2D eigenvalue weighted by Crippen LogP contribution is -2.36. The Morgan fingerprint density at radius 1 is 1.04 bits per heavy atom. The van der Waals surface area contributed by atoms with Crippen LogP contribution in [0.15, 0.2) is 47.4 Å². The van der Waals surface area contributed by atoms with E-state index in [0.29, 0.717) is 5.69 Å². The second-order valence-corrected chi connectivity index (χ2v) is 7.48. The molecule has 2 aromatic carbocycles. The van der Waals surface area contributed by atoms with Gasteiger partial charge in [-0.05, 0) is 50.1 Å². The fourth-order valence-corrected chi connectivity index (χ4v) is 3.79. The van der Waals surface area contributed by atoms with Gasteiger partial charge in [-0.15, -0.1) is 0 Å². The van der Waals surface area contributed by atoms with Gasteiger partial charge < -0.3 is 4.74 Å². The Bertz CT molecular complexity index is 842. The van der Waals surface area contributed by atoms with E-state index < -0.39 is 16.0 Å². The lowest BCUT2D eigenvalue weighted by molar-refractivity contribution is -0.138. The molecule has 0 spiro atoms. The number of hydrogen-bond donors (Lipinski definition) is 0. The number of methoxy groups -OCH3 is 1. The molecule has 2 aromatic rings. The van der Waals surface area contributed by atoms with Gasteiger partial charge in [-0.3, -0.25) is 9.10 Å². The molecular formula is C18H21NO4S. The van der Waals surface area contributed by atoms with E-state index in [0.717, 1.165) is 21.0 Å². The summed E-state index contributed by atoms with van der Waals surface area (Å²) in [7, 11) is -2.64. The number of benzene rings is 2. The van der Waals surface area contributed by atoms with E-state index in [1.807, 2.05) is 26.8 Å². The minimum atomic E-state index is -3.88. The zero-order chi connectivity index (χ0) is 17.9. The van der Waals surface area contributed by atoms with E-state index in [9.17, 15) is 13.2 Å². The highest BCUT2D eigenvalue weighted by Crippen LogP contribution is 2.28. The van der Waals surface area contributed by atoms with Crippen molar-refractivity contribution in [2.75, 3.05) is 18.0 Å². The van der Waals surface area contributed by atoms with E-state index in [4.69, 9.17) is 0 Å². The second-order valence-electron chi connectivity index (χ2n) is 5.62. The molecule has 0 aliphatic carbocycles. The van der Waals surface area contributed by atoms with Gasteiger partial charge in [0.25, 0.3) is 10.0 Å². The number of carbonyl (C=O) groups excluding carboxylic acids is 1. The molecule has 0 aliphatic rings. The maximum Gasteiger partial charge on any atom is 0.326 e. The standard InChI is InChI=1S/C18H21NO4S/c1-13-8-10-16(11-9-13)24(21,22)19(12-18(20)23-4)17-7-5-6-14(2)15(17)3/h5-11H,12H2,1-4H3. The van der Waals surface area contributed by atoms with Gasteiger partial charge in [0, 0.05) is 0 Å². The number of ether oxygens (including phenoxy) is 1. The molecule has 0 amide bonds. The van der Waals surface area contributed by atoms with Crippen LogP contribution in [0, 0.1) is 20.8 Å². The van der Waals surface area contributed by atoms with E-state index in [1.54, 1.807) is 36.4 Å². The third-order valence-electron chi connectivity index (χ3n) is 3.95. The highest BCUT2D eigenvalue weighted by atomic mass is 32.2. The average molecular weight is 347 g/mol. The third-order valence-corrected chi connectivity index (χ3v) is 5.73. The Labute approximate surface area is 142 Å². The first-order chi connectivity index (χ1) is 11.3. The summed E-state index contributed by atoms with van der Waals surface area (Å²) in [4.78, 5) is 11.9. The lowest BCUT2D eigenvalue weighted by Gasteiger charge is -2.25. The molecule has 5 nitrogen and oxygen atoms in total. The average Bonchev–Trinajstić information content (AvgIpc) is 2.55. The molecule has 0 heterocycles. The number of carbonyl (C=O) groups is 1. The van der Waals surface area contributed by atoms with Gasteiger partial charge >= 0.3 is 5.97 Å². The SMILES string of the molecule is COC(=O)CN(c1cccc(C)c1C)S(=O)(=O)c1ccc(C)cc1. The molecule has 6 heteroatoms. The van der Waals surface area contributed by atoms with Crippen LogP contribution in [0.3, 0.4) is 0 Å². The van der Waals surface area contributed by atoms with Crippen molar-refractivity contribution in [1.82, 2.24) is 0 Å². The van der Waals surface area contributed by atoms with Gasteiger partial charge in [0.15, 0.2) is 0 Å². The number of aryl methyl sites for hydroxylation is 2. The molecule has 0 N–H and O–H groups in total. The van der Waals surface area contributed by atoms with Crippen LogP contribution in [0.1, 0.15) is 16.7 Å². The molecule has 0 bridgehead atoms. The Kier molecular flexibility index (Phi) is 5.29. The van der Waals surface area contributed by atoms with Crippen molar-refractivity contribution in [3.63, 3.8) is 0 Å². The molecule has 0 saturated heterocycles. The highest BCUT2D eigenvalue weighted by molar-refractivity contribution is 7.92. The highest BCUT2D eigenvalue weighted by Gasteiger charge is 2.28. The normalized spacial score (nSPS) is 11.2. The maximum absolute atomic E-state index is 13.1. The lowest BCUT2D eigenvalue weighted by atomic mass is 10.1. The largest absolute Gasteiger partial charge is 0.468 e. The fourth-order valence-electron chi connectivity index (χ4n) is 2.32. The van der Waals surface area contributed by atoms with E-state index >= 15 is 0 Å². The van der Waals surface area contributed by atoms with Crippen LogP contribution in [0.5, 0.6) is 0 Å². The van der Waals surface area contributed by atoms with Crippen molar-refractivity contribution in [3.8, 4) is 0 Å². The predicted molar refractivity (Wildman–Crippen MR) is 93.6 cm³/mol. The minimum Gasteiger partial charge on any atom is -0.468 e. The predicted octanol–water partition coefficient (Wildman–Crippen LogP) is 2.98. The van der Waals surface area contributed by atoms with Crippen LogP contribution in [-0.2, 0) is 19.6 Å². The molecule has 0 unspecified atom stereocenters.